The van der Waals surface area contributed by atoms with Gasteiger partial charge in [-0.3, -0.25) is 4.79 Å². The Hall–Kier alpha value is -3.27. The van der Waals surface area contributed by atoms with Crippen molar-refractivity contribution < 1.29 is 13.9 Å². The van der Waals surface area contributed by atoms with E-state index in [0.29, 0.717) is 29.4 Å². The lowest BCUT2D eigenvalue weighted by Crippen LogP contribution is -2.14. The summed E-state index contributed by atoms with van der Waals surface area (Å²) in [4.78, 5) is 12.9. The molecule has 0 aliphatic carbocycles. The van der Waals surface area contributed by atoms with E-state index in [1.165, 1.54) is 0 Å². The summed E-state index contributed by atoms with van der Waals surface area (Å²) >= 11 is 0. The number of amides is 1. The Morgan fingerprint density at radius 3 is 2.52 bits per heavy atom. The first-order valence-electron chi connectivity index (χ1n) is 8.11. The largest absolute Gasteiger partial charge is 0.492 e. The topological polar surface area (TPSA) is 51.5 Å². The molecule has 0 saturated carbocycles. The van der Waals surface area contributed by atoms with Gasteiger partial charge >= 0.3 is 0 Å². The van der Waals surface area contributed by atoms with E-state index in [-0.39, 0.29) is 5.91 Å². The molecule has 2 aromatic carbocycles. The van der Waals surface area contributed by atoms with E-state index in [4.69, 9.17) is 9.15 Å². The van der Waals surface area contributed by atoms with Gasteiger partial charge in [0.2, 0.25) is 0 Å². The minimum atomic E-state index is -0.227. The zero-order chi connectivity index (χ0) is 17.5. The average molecular weight is 333 g/mol. The molecule has 0 atom stereocenters. The third kappa shape index (κ3) is 4.18. The normalized spacial score (nSPS) is 11.2. The van der Waals surface area contributed by atoms with Crippen LogP contribution in [-0.2, 0) is 4.79 Å². The van der Waals surface area contributed by atoms with Gasteiger partial charge in [-0.25, -0.2) is 0 Å². The van der Waals surface area contributed by atoms with Gasteiger partial charge in [0, 0.05) is 0 Å². The molecule has 0 bridgehead atoms. The Morgan fingerprint density at radius 1 is 1.04 bits per heavy atom. The zero-order valence-electron chi connectivity index (χ0n) is 13.9. The molecular formula is C21H19NO3. The highest BCUT2D eigenvalue weighted by atomic mass is 16.5. The number of benzene rings is 2. The number of furan rings is 1. The molecule has 0 fully saturated rings. The van der Waals surface area contributed by atoms with E-state index in [1.54, 1.807) is 18.4 Å². The van der Waals surface area contributed by atoms with Crippen molar-refractivity contribution in [3.8, 4) is 5.75 Å². The number of hydrogen-bond acceptors (Lipinski definition) is 3. The van der Waals surface area contributed by atoms with Crippen LogP contribution >= 0.6 is 0 Å². The van der Waals surface area contributed by atoms with Crippen LogP contribution in [0.3, 0.4) is 0 Å². The molecular weight excluding hydrogens is 314 g/mol. The molecule has 1 heterocycles. The van der Waals surface area contributed by atoms with Crippen molar-refractivity contribution in [1.82, 2.24) is 0 Å². The highest BCUT2D eigenvalue weighted by Gasteiger charge is 2.15. The third-order valence-corrected chi connectivity index (χ3v) is 3.59. The number of nitrogens with one attached hydrogen (secondary N) is 1. The van der Waals surface area contributed by atoms with Crippen LogP contribution in [0.1, 0.15) is 18.2 Å². The Balaban J connectivity index is 1.93. The van der Waals surface area contributed by atoms with Gasteiger partial charge in [0.25, 0.3) is 5.91 Å². The molecule has 0 unspecified atom stereocenters. The fourth-order valence-electron chi connectivity index (χ4n) is 2.45. The zero-order valence-corrected chi connectivity index (χ0v) is 13.9. The second kappa shape index (κ2) is 8.02. The summed E-state index contributed by atoms with van der Waals surface area (Å²) in [6.07, 6.45) is 3.31. The van der Waals surface area contributed by atoms with Gasteiger partial charge in [0.15, 0.2) is 0 Å². The minimum Gasteiger partial charge on any atom is -0.492 e. The minimum absolute atomic E-state index is 0.227. The van der Waals surface area contributed by atoms with Crippen LogP contribution in [0.4, 0.5) is 5.69 Å². The van der Waals surface area contributed by atoms with Crippen LogP contribution in [0.5, 0.6) is 5.75 Å². The van der Waals surface area contributed by atoms with E-state index in [9.17, 15) is 4.79 Å². The maximum atomic E-state index is 12.9. The van der Waals surface area contributed by atoms with Crippen LogP contribution < -0.4 is 10.1 Å². The summed E-state index contributed by atoms with van der Waals surface area (Å²) in [5.74, 6) is 1.03. The molecule has 25 heavy (non-hydrogen) atoms. The molecule has 126 valence electrons. The first-order chi connectivity index (χ1) is 12.3. The summed E-state index contributed by atoms with van der Waals surface area (Å²) in [5, 5.41) is 2.93. The molecule has 4 nitrogen and oxygen atoms in total. The molecule has 0 radical (unpaired) electrons. The molecule has 0 spiro atoms. The first kappa shape index (κ1) is 16.6. The summed E-state index contributed by atoms with van der Waals surface area (Å²) in [5.41, 5.74) is 1.96. The number of carbonyl (C=O) groups excluding carboxylic acids is 1. The highest BCUT2D eigenvalue weighted by molar-refractivity contribution is 6.29. The van der Waals surface area contributed by atoms with Gasteiger partial charge < -0.3 is 14.5 Å². The number of rotatable bonds is 6. The number of hydrogen-bond donors (Lipinski definition) is 1. The highest BCUT2D eigenvalue weighted by Crippen LogP contribution is 2.26. The van der Waals surface area contributed by atoms with Crippen LogP contribution in [0, 0.1) is 0 Å². The predicted molar refractivity (Wildman–Crippen MR) is 99.3 cm³/mol. The lowest BCUT2D eigenvalue weighted by atomic mass is 10.0. The Labute approximate surface area is 146 Å². The summed E-state index contributed by atoms with van der Waals surface area (Å²) in [7, 11) is 0. The maximum Gasteiger partial charge on any atom is 0.256 e. The number of anilines is 1. The van der Waals surface area contributed by atoms with E-state index in [1.807, 2.05) is 67.6 Å². The Morgan fingerprint density at radius 2 is 1.80 bits per heavy atom. The summed E-state index contributed by atoms with van der Waals surface area (Å²) in [6.45, 7) is 2.44. The average Bonchev–Trinajstić information content (AvgIpc) is 3.15. The molecule has 0 aliphatic rings. The van der Waals surface area contributed by atoms with Crippen molar-refractivity contribution in [2.45, 2.75) is 6.92 Å². The molecule has 3 rings (SSSR count). The van der Waals surface area contributed by atoms with Crippen LogP contribution in [0.25, 0.3) is 11.6 Å². The van der Waals surface area contributed by atoms with Gasteiger partial charge in [-0.1, -0.05) is 42.5 Å². The molecule has 1 N–H and O–H groups in total. The fourth-order valence-corrected chi connectivity index (χ4v) is 2.45. The second-order valence-electron chi connectivity index (χ2n) is 5.32. The van der Waals surface area contributed by atoms with E-state index in [2.05, 4.69) is 5.32 Å². The molecule has 1 amide bonds. The molecule has 4 heteroatoms. The van der Waals surface area contributed by atoms with Gasteiger partial charge in [-0.05, 0) is 42.8 Å². The van der Waals surface area contributed by atoms with Gasteiger partial charge in [-0.15, -0.1) is 0 Å². The van der Waals surface area contributed by atoms with Gasteiger partial charge in [0.1, 0.15) is 11.5 Å². The lowest BCUT2D eigenvalue weighted by molar-refractivity contribution is -0.111. The first-order valence-corrected chi connectivity index (χ1v) is 8.11. The summed E-state index contributed by atoms with van der Waals surface area (Å²) < 4.78 is 10.9. The summed E-state index contributed by atoms with van der Waals surface area (Å²) in [6, 6.07) is 20.5. The fraction of sp³-hybridized carbons (Fsp3) is 0.0952. The van der Waals surface area contributed by atoms with Crippen molar-refractivity contribution in [1.29, 1.82) is 0 Å². The lowest BCUT2D eigenvalue weighted by Gasteiger charge is -2.13. The van der Waals surface area contributed by atoms with E-state index in [0.717, 1.165) is 5.56 Å². The maximum absolute atomic E-state index is 12.9. The molecule has 0 aliphatic heterocycles. The SMILES string of the molecule is CCOc1ccccc1NC(=O)C(=Cc1ccco1)c1ccccc1. The molecule has 3 aromatic rings. The van der Waals surface area contributed by atoms with Crippen molar-refractivity contribution in [3.05, 3.63) is 84.3 Å². The van der Waals surface area contributed by atoms with E-state index >= 15 is 0 Å². The van der Waals surface area contributed by atoms with Crippen molar-refractivity contribution >= 4 is 23.2 Å². The molecule has 1 aromatic heterocycles. The Bertz CT molecular complexity index is 852. The quantitative estimate of drug-likeness (QED) is 0.656. The standard InChI is InChI=1S/C21H19NO3/c1-2-24-20-13-7-6-12-19(20)22-21(23)18(15-17-11-8-14-25-17)16-9-4-3-5-10-16/h3-15H,2H2,1H3,(H,22,23). The van der Waals surface area contributed by atoms with Crippen molar-refractivity contribution in [2.75, 3.05) is 11.9 Å². The van der Waals surface area contributed by atoms with Gasteiger partial charge in [0.05, 0.1) is 24.1 Å². The van der Waals surface area contributed by atoms with Crippen molar-refractivity contribution in [2.24, 2.45) is 0 Å². The number of ether oxygens (including phenoxy) is 1. The molecule has 0 saturated heterocycles. The number of carbonyl (C=O) groups is 1. The second-order valence-corrected chi connectivity index (χ2v) is 5.32. The van der Waals surface area contributed by atoms with Crippen LogP contribution in [-0.4, -0.2) is 12.5 Å². The van der Waals surface area contributed by atoms with Crippen molar-refractivity contribution in [3.63, 3.8) is 0 Å². The predicted octanol–water partition coefficient (Wildman–Crippen LogP) is 4.86. The van der Waals surface area contributed by atoms with Crippen LogP contribution in [0.15, 0.2) is 77.4 Å². The monoisotopic (exact) mass is 333 g/mol. The third-order valence-electron chi connectivity index (χ3n) is 3.59. The van der Waals surface area contributed by atoms with E-state index < -0.39 is 0 Å². The number of para-hydroxylation sites is 2. The van der Waals surface area contributed by atoms with Gasteiger partial charge in [-0.2, -0.15) is 0 Å². The Kier molecular flexibility index (Phi) is 5.32. The smallest absolute Gasteiger partial charge is 0.256 e. The van der Waals surface area contributed by atoms with Crippen LogP contribution in [0.2, 0.25) is 0 Å².